The van der Waals surface area contributed by atoms with Crippen LogP contribution in [-0.4, -0.2) is 51.5 Å². The van der Waals surface area contributed by atoms with E-state index in [0.717, 1.165) is 30.1 Å². The van der Waals surface area contributed by atoms with E-state index in [2.05, 4.69) is 19.2 Å². The summed E-state index contributed by atoms with van der Waals surface area (Å²) in [6.07, 6.45) is -1.83. The Morgan fingerprint density at radius 1 is 1.28 bits per heavy atom. The van der Waals surface area contributed by atoms with Crippen LogP contribution in [0.25, 0.3) is 0 Å². The van der Waals surface area contributed by atoms with Gasteiger partial charge in [-0.2, -0.15) is 17.5 Å². The summed E-state index contributed by atoms with van der Waals surface area (Å²) in [7, 11) is 5.84. The highest BCUT2D eigenvalue weighted by Crippen LogP contribution is 2.30. The monoisotopic (exact) mass is 374 g/mol. The lowest BCUT2D eigenvalue weighted by molar-refractivity contribution is -0.141. The van der Waals surface area contributed by atoms with Crippen molar-refractivity contribution in [2.45, 2.75) is 32.1 Å². The Bertz CT molecular complexity index is 723. The van der Waals surface area contributed by atoms with Gasteiger partial charge in [-0.05, 0) is 19.4 Å². The summed E-state index contributed by atoms with van der Waals surface area (Å²) < 4.78 is 44.3. The van der Waals surface area contributed by atoms with E-state index >= 15 is 0 Å². The van der Waals surface area contributed by atoms with Crippen molar-refractivity contribution in [3.05, 3.63) is 23.5 Å². The third-order valence-electron chi connectivity index (χ3n) is 4.20. The van der Waals surface area contributed by atoms with Crippen LogP contribution in [0.5, 0.6) is 0 Å². The molecule has 0 fully saturated rings. The van der Waals surface area contributed by atoms with Crippen molar-refractivity contribution in [1.82, 2.24) is 23.8 Å². The second-order valence-corrected chi connectivity index (χ2v) is 7.41. The highest BCUT2D eigenvalue weighted by atomic mass is 32.1. The molecule has 2 aromatic rings. The molecule has 2 aromatic heterocycles. The lowest BCUT2D eigenvalue weighted by Crippen LogP contribution is -2.31. The Hall–Kier alpha value is -1.68. The molecule has 138 valence electrons. The van der Waals surface area contributed by atoms with Gasteiger partial charge in [-0.1, -0.05) is 0 Å². The Morgan fingerprint density at radius 3 is 2.68 bits per heavy atom. The van der Waals surface area contributed by atoms with Crippen LogP contribution in [0.3, 0.4) is 0 Å². The molecule has 0 aromatic carbocycles. The molecule has 0 saturated heterocycles. The van der Waals surface area contributed by atoms with Gasteiger partial charge in [-0.3, -0.25) is 4.90 Å². The van der Waals surface area contributed by atoms with Crippen molar-refractivity contribution in [3.8, 4) is 0 Å². The molecule has 6 nitrogen and oxygen atoms in total. The lowest BCUT2D eigenvalue weighted by Gasteiger charge is -2.27. The molecule has 0 amide bonds. The standard InChI is InChI=1S/C15H21F3N6S/c1-22(2)14-20-12(21-25-14)9-23(3)6-10-4-5-13-19-11(15(16,17)18)8-24(13)7-10/h8,10H,4-7,9H2,1-3H3. The van der Waals surface area contributed by atoms with Crippen LogP contribution in [0.1, 0.15) is 23.8 Å². The second-order valence-electron chi connectivity index (χ2n) is 6.68. The fourth-order valence-electron chi connectivity index (χ4n) is 3.04. The first-order valence-electron chi connectivity index (χ1n) is 8.04. The predicted octanol–water partition coefficient (Wildman–Crippen LogP) is 2.51. The van der Waals surface area contributed by atoms with Crippen molar-refractivity contribution < 1.29 is 13.2 Å². The van der Waals surface area contributed by atoms with E-state index in [1.807, 2.05) is 26.0 Å². The van der Waals surface area contributed by atoms with E-state index in [4.69, 9.17) is 0 Å². The Kier molecular flexibility index (Phi) is 5.01. The van der Waals surface area contributed by atoms with Gasteiger partial charge in [0.05, 0.1) is 6.54 Å². The fraction of sp³-hybridized carbons (Fsp3) is 0.667. The maximum atomic E-state index is 12.8. The Labute approximate surface area is 148 Å². The molecular formula is C15H21F3N6S. The van der Waals surface area contributed by atoms with Crippen LogP contribution in [0.15, 0.2) is 6.20 Å². The number of aromatic nitrogens is 4. The Balaban J connectivity index is 1.57. The average molecular weight is 374 g/mol. The van der Waals surface area contributed by atoms with Crippen molar-refractivity contribution >= 4 is 16.7 Å². The number of imidazole rings is 1. The van der Waals surface area contributed by atoms with Crippen LogP contribution in [0.2, 0.25) is 0 Å². The molecule has 3 heterocycles. The normalized spacial score (nSPS) is 17.8. The number of aryl methyl sites for hydroxylation is 1. The van der Waals surface area contributed by atoms with Gasteiger partial charge in [-0.25, -0.2) is 9.97 Å². The van der Waals surface area contributed by atoms with Crippen LogP contribution in [-0.2, 0) is 25.7 Å². The summed E-state index contributed by atoms with van der Waals surface area (Å²) in [5.74, 6) is 1.59. The van der Waals surface area contributed by atoms with E-state index < -0.39 is 11.9 Å². The van der Waals surface area contributed by atoms with E-state index in [0.29, 0.717) is 31.3 Å². The number of nitrogens with zero attached hydrogens (tertiary/aromatic N) is 6. The van der Waals surface area contributed by atoms with E-state index in [1.54, 1.807) is 4.57 Å². The number of rotatable bonds is 5. The molecule has 25 heavy (non-hydrogen) atoms. The maximum absolute atomic E-state index is 12.8. The second kappa shape index (κ2) is 6.91. The molecule has 0 N–H and O–H groups in total. The summed E-state index contributed by atoms with van der Waals surface area (Å²) in [4.78, 5) is 12.2. The average Bonchev–Trinajstić information content (AvgIpc) is 3.12. The third-order valence-corrected chi connectivity index (χ3v) is 5.12. The molecule has 0 bridgehead atoms. The molecule has 0 saturated carbocycles. The van der Waals surface area contributed by atoms with Crippen molar-refractivity contribution in [2.75, 3.05) is 32.6 Å². The number of fused-ring (bicyclic) bond motifs is 1. The first-order valence-corrected chi connectivity index (χ1v) is 8.81. The topological polar surface area (TPSA) is 50.1 Å². The van der Waals surface area contributed by atoms with Crippen LogP contribution in [0.4, 0.5) is 18.3 Å². The summed E-state index contributed by atoms with van der Waals surface area (Å²) in [6.45, 7) is 1.98. The van der Waals surface area contributed by atoms with Gasteiger partial charge in [0.15, 0.2) is 11.5 Å². The molecule has 1 atom stereocenters. The molecule has 1 unspecified atom stereocenters. The minimum Gasteiger partial charge on any atom is -0.353 e. The van der Waals surface area contributed by atoms with Crippen LogP contribution < -0.4 is 4.90 Å². The van der Waals surface area contributed by atoms with Crippen LogP contribution >= 0.6 is 11.5 Å². The van der Waals surface area contributed by atoms with Gasteiger partial charge in [0.25, 0.3) is 0 Å². The quantitative estimate of drug-likeness (QED) is 0.805. The zero-order valence-electron chi connectivity index (χ0n) is 14.4. The van der Waals surface area contributed by atoms with E-state index in [1.165, 1.54) is 11.5 Å². The van der Waals surface area contributed by atoms with E-state index in [9.17, 15) is 13.2 Å². The zero-order valence-corrected chi connectivity index (χ0v) is 15.2. The number of hydrogen-bond acceptors (Lipinski definition) is 6. The van der Waals surface area contributed by atoms with Gasteiger partial charge in [-0.15, -0.1) is 0 Å². The SMILES string of the molecule is CN(Cc1nsc(N(C)C)n1)CC1CCc2nc(C(F)(F)F)cn2C1. The first kappa shape index (κ1) is 18.1. The Morgan fingerprint density at radius 2 is 2.04 bits per heavy atom. The molecular weight excluding hydrogens is 353 g/mol. The van der Waals surface area contributed by atoms with Gasteiger partial charge in [0, 0.05) is 51.3 Å². The number of alkyl halides is 3. The smallest absolute Gasteiger partial charge is 0.353 e. The minimum atomic E-state index is -4.38. The fourth-order valence-corrected chi connectivity index (χ4v) is 3.63. The molecule has 0 aliphatic carbocycles. The summed E-state index contributed by atoms with van der Waals surface area (Å²) in [5, 5.41) is 0.865. The highest BCUT2D eigenvalue weighted by Gasteiger charge is 2.35. The van der Waals surface area contributed by atoms with Crippen molar-refractivity contribution in [3.63, 3.8) is 0 Å². The van der Waals surface area contributed by atoms with Gasteiger partial charge in [0.1, 0.15) is 5.82 Å². The molecule has 3 rings (SSSR count). The molecule has 10 heteroatoms. The third kappa shape index (κ3) is 4.30. The van der Waals surface area contributed by atoms with Crippen molar-refractivity contribution in [2.24, 2.45) is 5.92 Å². The van der Waals surface area contributed by atoms with Gasteiger partial charge < -0.3 is 9.47 Å². The molecule has 1 aliphatic rings. The van der Waals surface area contributed by atoms with Crippen LogP contribution in [0, 0.1) is 5.92 Å². The largest absolute Gasteiger partial charge is 0.434 e. The van der Waals surface area contributed by atoms with E-state index in [-0.39, 0.29) is 0 Å². The zero-order chi connectivity index (χ0) is 18.2. The minimum absolute atomic E-state index is 0.291. The maximum Gasteiger partial charge on any atom is 0.434 e. The number of hydrogen-bond donors (Lipinski definition) is 0. The summed E-state index contributed by atoms with van der Waals surface area (Å²) >= 11 is 1.36. The summed E-state index contributed by atoms with van der Waals surface area (Å²) in [5.41, 5.74) is -0.792. The predicted molar refractivity (Wildman–Crippen MR) is 89.6 cm³/mol. The van der Waals surface area contributed by atoms with Gasteiger partial charge >= 0.3 is 6.18 Å². The van der Waals surface area contributed by atoms with Crippen molar-refractivity contribution in [1.29, 1.82) is 0 Å². The highest BCUT2D eigenvalue weighted by molar-refractivity contribution is 7.09. The number of anilines is 1. The lowest BCUT2D eigenvalue weighted by atomic mass is 9.99. The van der Waals surface area contributed by atoms with Gasteiger partial charge in [0.2, 0.25) is 5.13 Å². The number of halogens is 3. The summed E-state index contributed by atoms with van der Waals surface area (Å²) in [6, 6.07) is 0. The molecule has 0 radical (unpaired) electrons. The molecule has 1 aliphatic heterocycles. The molecule has 0 spiro atoms. The first-order chi connectivity index (χ1) is 11.7.